The third kappa shape index (κ3) is 5.95. The van der Waals surface area contributed by atoms with Gasteiger partial charge in [0.25, 0.3) is 0 Å². The quantitative estimate of drug-likeness (QED) is 0.645. The number of nitrogens with zero attached hydrogens (tertiary/aromatic N) is 1. The molecular formula is C16H24F3N3. The lowest BCUT2D eigenvalue weighted by molar-refractivity contribution is -0.137. The smallest absolute Gasteiger partial charge is 0.356 e. The normalized spacial score (nSPS) is 14.1. The van der Waals surface area contributed by atoms with Crippen LogP contribution >= 0.6 is 0 Å². The van der Waals surface area contributed by atoms with Gasteiger partial charge >= 0.3 is 6.18 Å². The molecule has 1 aromatic carbocycles. The van der Waals surface area contributed by atoms with Gasteiger partial charge in [0.05, 0.1) is 5.56 Å². The van der Waals surface area contributed by atoms with Crippen molar-refractivity contribution < 1.29 is 13.2 Å². The van der Waals surface area contributed by atoms with E-state index in [1.807, 2.05) is 0 Å². The average molecular weight is 315 g/mol. The van der Waals surface area contributed by atoms with Gasteiger partial charge in [0.15, 0.2) is 5.96 Å². The summed E-state index contributed by atoms with van der Waals surface area (Å²) in [6, 6.07) is 5.54. The summed E-state index contributed by atoms with van der Waals surface area (Å²) in [6.45, 7) is 6.92. The number of hydrogen-bond acceptors (Lipinski definition) is 1. The van der Waals surface area contributed by atoms with Crippen molar-refractivity contribution >= 4 is 5.96 Å². The standard InChI is InChI=1S/C16H24F3N3/c1-11(2)12(3)22-15(20-4)21-10-9-13-5-7-14(8-6-13)16(17,18)19/h5-8,11-12H,9-10H2,1-4H3,(H2,20,21,22). The summed E-state index contributed by atoms with van der Waals surface area (Å²) in [4.78, 5) is 4.13. The Morgan fingerprint density at radius 3 is 2.18 bits per heavy atom. The topological polar surface area (TPSA) is 36.4 Å². The average Bonchev–Trinajstić information content (AvgIpc) is 2.45. The molecule has 1 unspecified atom stereocenters. The van der Waals surface area contributed by atoms with E-state index in [9.17, 15) is 13.2 Å². The van der Waals surface area contributed by atoms with Gasteiger partial charge in [-0.1, -0.05) is 26.0 Å². The Morgan fingerprint density at radius 1 is 1.14 bits per heavy atom. The molecule has 0 bridgehead atoms. The number of guanidine groups is 1. The lowest BCUT2D eigenvalue weighted by atomic mass is 10.1. The van der Waals surface area contributed by atoms with E-state index in [-0.39, 0.29) is 6.04 Å². The third-order valence-electron chi connectivity index (χ3n) is 3.58. The minimum absolute atomic E-state index is 0.289. The molecule has 6 heteroatoms. The molecule has 1 rings (SSSR count). The van der Waals surface area contributed by atoms with Gasteiger partial charge < -0.3 is 10.6 Å². The van der Waals surface area contributed by atoms with Crippen LogP contribution in [-0.4, -0.2) is 25.6 Å². The summed E-state index contributed by atoms with van der Waals surface area (Å²) in [6.07, 6.45) is -3.65. The Balaban J connectivity index is 2.46. The molecule has 0 aliphatic carbocycles. The highest BCUT2D eigenvalue weighted by Gasteiger charge is 2.29. The summed E-state index contributed by atoms with van der Waals surface area (Å²) in [7, 11) is 1.69. The van der Waals surface area contributed by atoms with E-state index in [0.29, 0.717) is 24.8 Å². The molecule has 0 aliphatic heterocycles. The second-order valence-electron chi connectivity index (χ2n) is 5.62. The zero-order chi connectivity index (χ0) is 16.8. The molecule has 1 aromatic rings. The highest BCUT2D eigenvalue weighted by Crippen LogP contribution is 2.29. The molecule has 124 valence electrons. The zero-order valence-electron chi connectivity index (χ0n) is 13.5. The number of hydrogen-bond donors (Lipinski definition) is 2. The maximum Gasteiger partial charge on any atom is 0.416 e. The molecule has 0 saturated heterocycles. The minimum Gasteiger partial charge on any atom is -0.356 e. The van der Waals surface area contributed by atoms with Crippen molar-refractivity contribution in [1.82, 2.24) is 10.6 Å². The monoisotopic (exact) mass is 315 g/mol. The van der Waals surface area contributed by atoms with Crippen LogP contribution in [0.25, 0.3) is 0 Å². The Hall–Kier alpha value is -1.72. The number of aliphatic imine (C=N–C) groups is 1. The van der Waals surface area contributed by atoms with E-state index >= 15 is 0 Å². The van der Waals surface area contributed by atoms with Crippen molar-refractivity contribution in [3.63, 3.8) is 0 Å². The van der Waals surface area contributed by atoms with E-state index in [2.05, 4.69) is 36.4 Å². The van der Waals surface area contributed by atoms with Crippen LogP contribution in [0.4, 0.5) is 13.2 Å². The molecule has 0 amide bonds. The van der Waals surface area contributed by atoms with Crippen LogP contribution in [0.5, 0.6) is 0 Å². The number of benzene rings is 1. The van der Waals surface area contributed by atoms with Crippen LogP contribution in [0.2, 0.25) is 0 Å². The summed E-state index contributed by atoms with van der Waals surface area (Å²) in [5.41, 5.74) is 0.236. The van der Waals surface area contributed by atoms with Crippen LogP contribution in [-0.2, 0) is 12.6 Å². The summed E-state index contributed by atoms with van der Waals surface area (Å²) in [5.74, 6) is 1.18. The molecule has 22 heavy (non-hydrogen) atoms. The Labute approximate surface area is 130 Å². The molecule has 0 saturated carbocycles. The molecule has 0 aromatic heterocycles. The Morgan fingerprint density at radius 2 is 1.73 bits per heavy atom. The molecule has 3 nitrogen and oxygen atoms in total. The van der Waals surface area contributed by atoms with Crippen molar-refractivity contribution in [3.05, 3.63) is 35.4 Å². The van der Waals surface area contributed by atoms with E-state index in [1.165, 1.54) is 12.1 Å². The van der Waals surface area contributed by atoms with Crippen LogP contribution in [0.15, 0.2) is 29.3 Å². The highest BCUT2D eigenvalue weighted by molar-refractivity contribution is 5.79. The van der Waals surface area contributed by atoms with Gasteiger partial charge in [-0.05, 0) is 37.0 Å². The number of nitrogens with one attached hydrogen (secondary N) is 2. The van der Waals surface area contributed by atoms with Gasteiger partial charge in [-0.25, -0.2) is 0 Å². The Bertz CT molecular complexity index is 478. The van der Waals surface area contributed by atoms with Crippen molar-refractivity contribution in [3.8, 4) is 0 Å². The molecule has 2 N–H and O–H groups in total. The SMILES string of the molecule is CN=C(NCCc1ccc(C(F)(F)F)cc1)NC(C)C(C)C. The molecule has 0 aliphatic rings. The Kier molecular flexibility index (Phi) is 6.71. The molecule has 0 spiro atoms. The molecule has 0 radical (unpaired) electrons. The highest BCUT2D eigenvalue weighted by atomic mass is 19.4. The maximum atomic E-state index is 12.5. The number of rotatable bonds is 5. The summed E-state index contributed by atoms with van der Waals surface area (Å²) < 4.78 is 37.4. The van der Waals surface area contributed by atoms with E-state index in [0.717, 1.165) is 17.7 Å². The molecule has 0 heterocycles. The van der Waals surface area contributed by atoms with Gasteiger partial charge in [0.1, 0.15) is 0 Å². The van der Waals surface area contributed by atoms with Gasteiger partial charge in [-0.15, -0.1) is 0 Å². The van der Waals surface area contributed by atoms with Gasteiger partial charge in [0.2, 0.25) is 0 Å². The fourth-order valence-electron chi connectivity index (χ4n) is 1.76. The summed E-state index contributed by atoms with van der Waals surface area (Å²) in [5, 5.41) is 6.44. The third-order valence-corrected chi connectivity index (χ3v) is 3.58. The lowest BCUT2D eigenvalue weighted by Crippen LogP contribution is -2.44. The van der Waals surface area contributed by atoms with E-state index in [4.69, 9.17) is 0 Å². The molecular weight excluding hydrogens is 291 g/mol. The van der Waals surface area contributed by atoms with Crippen molar-refractivity contribution in [2.24, 2.45) is 10.9 Å². The predicted molar refractivity (Wildman–Crippen MR) is 83.9 cm³/mol. The van der Waals surface area contributed by atoms with Crippen LogP contribution in [0.1, 0.15) is 31.9 Å². The van der Waals surface area contributed by atoms with Gasteiger partial charge in [0, 0.05) is 19.6 Å². The first-order valence-electron chi connectivity index (χ1n) is 7.37. The van der Waals surface area contributed by atoms with Gasteiger partial charge in [-0.3, -0.25) is 4.99 Å². The second kappa shape index (κ2) is 8.06. The zero-order valence-corrected chi connectivity index (χ0v) is 13.5. The second-order valence-corrected chi connectivity index (χ2v) is 5.62. The first-order valence-corrected chi connectivity index (χ1v) is 7.37. The first kappa shape index (κ1) is 18.3. The van der Waals surface area contributed by atoms with Crippen LogP contribution < -0.4 is 10.6 Å². The first-order chi connectivity index (χ1) is 10.2. The molecule has 0 fully saturated rings. The number of halogens is 3. The fourth-order valence-corrected chi connectivity index (χ4v) is 1.76. The van der Waals surface area contributed by atoms with Crippen molar-refractivity contribution in [2.45, 2.75) is 39.4 Å². The predicted octanol–water partition coefficient (Wildman–Crippen LogP) is 3.46. The van der Waals surface area contributed by atoms with Crippen LogP contribution in [0, 0.1) is 5.92 Å². The van der Waals surface area contributed by atoms with Crippen molar-refractivity contribution in [2.75, 3.05) is 13.6 Å². The maximum absolute atomic E-state index is 12.5. The van der Waals surface area contributed by atoms with Crippen LogP contribution in [0.3, 0.4) is 0 Å². The largest absolute Gasteiger partial charge is 0.416 e. The summed E-state index contributed by atoms with van der Waals surface area (Å²) >= 11 is 0. The lowest BCUT2D eigenvalue weighted by Gasteiger charge is -2.20. The van der Waals surface area contributed by atoms with E-state index in [1.54, 1.807) is 7.05 Å². The number of alkyl halides is 3. The van der Waals surface area contributed by atoms with Gasteiger partial charge in [-0.2, -0.15) is 13.2 Å². The van der Waals surface area contributed by atoms with E-state index < -0.39 is 11.7 Å². The molecule has 1 atom stereocenters. The minimum atomic E-state index is -4.28. The van der Waals surface area contributed by atoms with Crippen molar-refractivity contribution in [1.29, 1.82) is 0 Å². The fraction of sp³-hybridized carbons (Fsp3) is 0.562.